The smallest absolute Gasteiger partial charge is 0.122 e. The average Bonchev–Trinajstić information content (AvgIpc) is 4.38. The van der Waals surface area contributed by atoms with Crippen molar-refractivity contribution in [2.24, 2.45) is 0 Å². The van der Waals surface area contributed by atoms with Crippen molar-refractivity contribution in [3.8, 4) is 23.0 Å². The van der Waals surface area contributed by atoms with E-state index in [0.29, 0.717) is 24.7 Å². The SMILES string of the molecule is OC(COc1ccc(C2(c3ccc(OCC4CO4)cc3)CC(c3ccccc3)c3ccccc32)cc1)COc1ccc(C2(c3ccc(OCC4CO4)cc3)CC(c3ccccc3)c3ccccc32)cc1. The molecule has 2 fully saturated rings. The number of rotatable bonds is 18. The van der Waals surface area contributed by atoms with E-state index >= 15 is 0 Å². The van der Waals surface area contributed by atoms with Crippen molar-refractivity contribution >= 4 is 0 Å². The Labute approximate surface area is 410 Å². The number of fused-ring (bicyclic) bond motifs is 2. The fourth-order valence-electron chi connectivity index (χ4n) is 11.3. The van der Waals surface area contributed by atoms with Crippen molar-refractivity contribution in [3.05, 3.63) is 262 Å². The lowest BCUT2D eigenvalue weighted by Crippen LogP contribution is -2.27. The number of aliphatic hydroxyl groups excluding tert-OH is 1. The minimum atomic E-state index is -0.849. The zero-order valence-electron chi connectivity index (χ0n) is 39.1. The highest BCUT2D eigenvalue weighted by Crippen LogP contribution is 2.57. The van der Waals surface area contributed by atoms with Gasteiger partial charge in [0.15, 0.2) is 0 Å². The molecule has 2 saturated heterocycles. The number of hydrogen-bond acceptors (Lipinski definition) is 7. The summed E-state index contributed by atoms with van der Waals surface area (Å²) in [4.78, 5) is 0. The molecule has 12 rings (SSSR count). The highest BCUT2D eigenvalue weighted by Gasteiger charge is 2.48. The number of aliphatic hydroxyl groups is 1. The number of ether oxygens (including phenoxy) is 6. The van der Waals surface area contributed by atoms with E-state index in [1.165, 1.54) is 55.6 Å². The molecule has 7 heteroatoms. The molecule has 8 aromatic carbocycles. The summed E-state index contributed by atoms with van der Waals surface area (Å²) >= 11 is 0. The molecule has 0 spiro atoms. The van der Waals surface area contributed by atoms with Gasteiger partial charge in [0, 0.05) is 22.7 Å². The van der Waals surface area contributed by atoms with Crippen LogP contribution >= 0.6 is 0 Å². The summed E-state index contributed by atoms with van der Waals surface area (Å²) in [6, 6.07) is 73.5. The first-order valence-electron chi connectivity index (χ1n) is 24.7. The number of epoxide rings is 2. The average molecular weight is 925 g/mol. The highest BCUT2D eigenvalue weighted by atomic mass is 16.6. The van der Waals surface area contributed by atoms with Crippen LogP contribution in [0.3, 0.4) is 0 Å². The van der Waals surface area contributed by atoms with Crippen molar-refractivity contribution in [1.82, 2.24) is 0 Å². The van der Waals surface area contributed by atoms with Gasteiger partial charge in [0.25, 0.3) is 0 Å². The van der Waals surface area contributed by atoms with Gasteiger partial charge in [-0.1, -0.05) is 158 Å². The lowest BCUT2D eigenvalue weighted by molar-refractivity contribution is 0.0626. The molecular formula is C63H56O7. The standard InChI is InChI=1S/C63H56O7/c64-49(37-65-50-27-19-45(20-28-50)62(47-23-31-52(32-24-47)67-39-54-41-69-54)35-58(43-11-3-1-4-12-43)56-15-7-9-17-60(56)62)38-66-51-29-21-46(22-30-51)63(48-25-33-53(34-26-48)68-40-55-42-70-55)36-59(44-13-5-2-6-14-44)57-16-8-10-18-61(57)63/h1-34,49,54-55,58-59,64H,35-42H2. The van der Waals surface area contributed by atoms with Crippen LogP contribution in [-0.2, 0) is 20.3 Å². The third-order valence-corrected chi connectivity index (χ3v) is 15.0. The predicted octanol–water partition coefficient (Wildman–Crippen LogP) is 11.8. The van der Waals surface area contributed by atoms with Crippen LogP contribution in [0.25, 0.3) is 0 Å². The molecule has 0 aromatic heterocycles. The summed E-state index contributed by atoms with van der Waals surface area (Å²) in [5, 5.41) is 11.2. The Morgan fingerprint density at radius 1 is 0.400 bits per heavy atom. The van der Waals surface area contributed by atoms with Crippen LogP contribution < -0.4 is 18.9 Å². The van der Waals surface area contributed by atoms with Gasteiger partial charge in [-0.25, -0.2) is 0 Å². The minimum Gasteiger partial charge on any atom is -0.491 e. The van der Waals surface area contributed by atoms with Crippen molar-refractivity contribution in [3.63, 3.8) is 0 Å². The Hall–Kier alpha value is -7.16. The molecule has 6 unspecified atom stereocenters. The van der Waals surface area contributed by atoms with Gasteiger partial charge >= 0.3 is 0 Å². The Balaban J connectivity index is 0.752. The van der Waals surface area contributed by atoms with Crippen molar-refractivity contribution < 1.29 is 33.5 Å². The van der Waals surface area contributed by atoms with Gasteiger partial charge in [0.05, 0.1) is 13.2 Å². The van der Waals surface area contributed by atoms with Crippen LogP contribution in [0.15, 0.2) is 206 Å². The summed E-state index contributed by atoms with van der Waals surface area (Å²) in [5.41, 5.74) is 11.9. The van der Waals surface area contributed by atoms with Gasteiger partial charge in [-0.3, -0.25) is 0 Å². The molecule has 4 aliphatic rings. The zero-order chi connectivity index (χ0) is 46.9. The monoisotopic (exact) mass is 924 g/mol. The lowest BCUT2D eigenvalue weighted by Gasteiger charge is -2.33. The molecule has 2 aliphatic heterocycles. The van der Waals surface area contributed by atoms with E-state index in [0.717, 1.165) is 37.6 Å². The number of hydrogen-bond donors (Lipinski definition) is 1. The second-order valence-corrected chi connectivity index (χ2v) is 19.2. The summed E-state index contributed by atoms with van der Waals surface area (Å²) in [5.74, 6) is 3.50. The van der Waals surface area contributed by atoms with Gasteiger partial charge in [0.2, 0.25) is 0 Å². The molecular weight excluding hydrogens is 869 g/mol. The zero-order valence-corrected chi connectivity index (χ0v) is 39.1. The maximum atomic E-state index is 11.2. The third-order valence-electron chi connectivity index (χ3n) is 15.0. The highest BCUT2D eigenvalue weighted by molar-refractivity contribution is 5.63. The molecule has 8 aromatic rings. The molecule has 7 nitrogen and oxygen atoms in total. The number of benzene rings is 8. The molecule has 0 saturated carbocycles. The van der Waals surface area contributed by atoms with E-state index in [9.17, 15) is 5.11 Å². The Bertz CT molecular complexity index is 2820. The van der Waals surface area contributed by atoms with Gasteiger partial charge < -0.3 is 33.5 Å². The lowest BCUT2D eigenvalue weighted by atomic mass is 9.69. The van der Waals surface area contributed by atoms with E-state index in [2.05, 4.69) is 182 Å². The summed E-state index contributed by atoms with van der Waals surface area (Å²) in [6.45, 7) is 2.83. The van der Waals surface area contributed by atoms with Gasteiger partial charge in [-0.05, 0) is 117 Å². The first-order chi connectivity index (χ1) is 34.5. The Morgan fingerprint density at radius 3 is 1.06 bits per heavy atom. The molecule has 350 valence electrons. The van der Waals surface area contributed by atoms with Crippen LogP contribution in [0.1, 0.15) is 80.3 Å². The molecule has 2 aliphatic carbocycles. The Kier molecular flexibility index (Phi) is 11.9. The second-order valence-electron chi connectivity index (χ2n) is 19.2. The van der Waals surface area contributed by atoms with E-state index in [4.69, 9.17) is 28.4 Å². The Morgan fingerprint density at radius 2 is 0.714 bits per heavy atom. The topological polar surface area (TPSA) is 82.2 Å². The molecule has 6 atom stereocenters. The maximum Gasteiger partial charge on any atom is 0.122 e. The quantitative estimate of drug-likeness (QED) is 0.0859. The normalized spacial score (nSPS) is 23.2. The van der Waals surface area contributed by atoms with Crippen LogP contribution in [-0.4, -0.2) is 63.1 Å². The first-order valence-corrected chi connectivity index (χ1v) is 24.7. The van der Waals surface area contributed by atoms with Crippen LogP contribution in [0.4, 0.5) is 0 Å². The summed E-state index contributed by atoms with van der Waals surface area (Å²) < 4.78 is 35.3. The summed E-state index contributed by atoms with van der Waals surface area (Å²) in [7, 11) is 0. The van der Waals surface area contributed by atoms with E-state index in [-0.39, 0.29) is 37.3 Å². The summed E-state index contributed by atoms with van der Waals surface area (Å²) in [6.07, 6.45) is 1.30. The predicted molar refractivity (Wildman–Crippen MR) is 272 cm³/mol. The second kappa shape index (κ2) is 19.0. The van der Waals surface area contributed by atoms with Gasteiger partial charge in [0.1, 0.15) is 67.7 Å². The van der Waals surface area contributed by atoms with Crippen molar-refractivity contribution in [2.75, 3.05) is 39.6 Å². The van der Waals surface area contributed by atoms with E-state index in [1.807, 2.05) is 24.3 Å². The first kappa shape index (κ1) is 44.1. The van der Waals surface area contributed by atoms with Crippen LogP contribution in [0.5, 0.6) is 23.0 Å². The molecule has 2 heterocycles. The molecule has 0 bridgehead atoms. The van der Waals surface area contributed by atoms with Gasteiger partial charge in [-0.15, -0.1) is 0 Å². The van der Waals surface area contributed by atoms with Crippen LogP contribution in [0.2, 0.25) is 0 Å². The fourth-order valence-corrected chi connectivity index (χ4v) is 11.3. The van der Waals surface area contributed by atoms with Gasteiger partial charge in [-0.2, -0.15) is 0 Å². The van der Waals surface area contributed by atoms with E-state index in [1.54, 1.807) is 0 Å². The van der Waals surface area contributed by atoms with Crippen LogP contribution in [0, 0.1) is 0 Å². The third kappa shape index (κ3) is 8.63. The van der Waals surface area contributed by atoms with Crippen molar-refractivity contribution in [1.29, 1.82) is 0 Å². The molecule has 0 amide bonds. The molecule has 1 N–H and O–H groups in total. The largest absolute Gasteiger partial charge is 0.491 e. The minimum absolute atomic E-state index is 0.0863. The maximum absolute atomic E-state index is 11.2. The van der Waals surface area contributed by atoms with E-state index < -0.39 is 16.9 Å². The van der Waals surface area contributed by atoms with Crippen molar-refractivity contribution in [2.45, 2.75) is 53.8 Å². The molecule has 70 heavy (non-hydrogen) atoms. The molecule has 0 radical (unpaired) electrons. The fraction of sp³-hybridized carbons (Fsp3) is 0.238.